The fourth-order valence-corrected chi connectivity index (χ4v) is 7.11. The van der Waals surface area contributed by atoms with Crippen LogP contribution in [-0.2, 0) is 22.4 Å². The number of carboxylic acid groups (broad SMARTS) is 1. The van der Waals surface area contributed by atoms with Crippen molar-refractivity contribution in [2.45, 2.75) is 59.3 Å². The van der Waals surface area contributed by atoms with E-state index in [1.54, 1.807) is 0 Å². The van der Waals surface area contributed by atoms with Crippen LogP contribution in [0.2, 0.25) is 0 Å². The maximum Gasteiger partial charge on any atom is 0.307 e. The normalized spacial score (nSPS) is 29.5. The highest BCUT2D eigenvalue weighted by Gasteiger charge is 2.48. The number of fused-ring (bicyclic) bond motifs is 3. The number of rotatable bonds is 6. The van der Waals surface area contributed by atoms with Crippen molar-refractivity contribution in [1.82, 2.24) is 0 Å². The standard InChI is InChI=1S/C24H32N2O4S/c1-4-24(2,3)14-9-10-15-16(11-14)31-22(19(15)20(25)27)26-21(28)17-12-5-7-13(8-6-12)18(17)23(29)30/h5,7,12-14,17-18H,4,6,8-11H2,1-3H3,(H2,25,27)(H,26,28)(H,29,30)/t12-,13-,14-,17+,18-/m0/s1. The molecule has 6 nitrogen and oxygen atoms in total. The van der Waals surface area contributed by atoms with Gasteiger partial charge in [0.1, 0.15) is 5.00 Å². The molecule has 1 fully saturated rings. The number of carboxylic acids is 1. The second-order valence-corrected chi connectivity index (χ2v) is 11.1. The van der Waals surface area contributed by atoms with Crippen LogP contribution in [0.5, 0.6) is 0 Å². The minimum Gasteiger partial charge on any atom is -0.481 e. The van der Waals surface area contributed by atoms with Crippen LogP contribution in [0, 0.1) is 35.0 Å². The molecule has 4 aliphatic carbocycles. The summed E-state index contributed by atoms with van der Waals surface area (Å²) in [5, 5.41) is 13.2. The highest BCUT2D eigenvalue weighted by Crippen LogP contribution is 2.48. The number of hydrogen-bond donors (Lipinski definition) is 3. The van der Waals surface area contributed by atoms with Crippen molar-refractivity contribution in [3.8, 4) is 0 Å². The monoisotopic (exact) mass is 444 g/mol. The van der Waals surface area contributed by atoms with Gasteiger partial charge < -0.3 is 16.2 Å². The molecule has 4 N–H and O–H groups in total. The van der Waals surface area contributed by atoms with Crippen molar-refractivity contribution in [1.29, 1.82) is 0 Å². The Balaban J connectivity index is 1.62. The van der Waals surface area contributed by atoms with Gasteiger partial charge in [-0.2, -0.15) is 0 Å². The minimum atomic E-state index is -0.926. The predicted molar refractivity (Wildman–Crippen MR) is 121 cm³/mol. The van der Waals surface area contributed by atoms with Gasteiger partial charge in [0.15, 0.2) is 0 Å². The first-order valence-electron chi connectivity index (χ1n) is 11.3. The van der Waals surface area contributed by atoms with Crippen LogP contribution in [0.25, 0.3) is 0 Å². The summed E-state index contributed by atoms with van der Waals surface area (Å²) in [5.74, 6) is -2.76. The van der Waals surface area contributed by atoms with Crippen molar-refractivity contribution in [3.63, 3.8) is 0 Å². The van der Waals surface area contributed by atoms with E-state index in [4.69, 9.17) is 5.73 Å². The van der Waals surface area contributed by atoms with Crippen LogP contribution in [0.4, 0.5) is 5.00 Å². The predicted octanol–water partition coefficient (Wildman–Crippen LogP) is 4.24. The molecule has 2 bridgehead atoms. The Morgan fingerprint density at radius 1 is 1.16 bits per heavy atom. The molecule has 1 heterocycles. The molecule has 1 aromatic heterocycles. The van der Waals surface area contributed by atoms with Crippen molar-refractivity contribution in [2.75, 3.05) is 5.32 Å². The van der Waals surface area contributed by atoms with Gasteiger partial charge in [-0.25, -0.2) is 0 Å². The summed E-state index contributed by atoms with van der Waals surface area (Å²) in [6.07, 6.45) is 9.30. The largest absolute Gasteiger partial charge is 0.481 e. The third kappa shape index (κ3) is 3.81. The highest BCUT2D eigenvalue weighted by atomic mass is 32.1. The summed E-state index contributed by atoms with van der Waals surface area (Å²) in [5.41, 5.74) is 7.33. The molecule has 5 rings (SSSR count). The number of anilines is 1. The van der Waals surface area contributed by atoms with Crippen molar-refractivity contribution in [2.24, 2.45) is 40.7 Å². The minimum absolute atomic E-state index is 0.0764. The molecule has 5 atom stereocenters. The zero-order chi connectivity index (χ0) is 22.5. The lowest BCUT2D eigenvalue weighted by atomic mass is 9.62. The molecule has 7 heteroatoms. The van der Waals surface area contributed by atoms with Crippen LogP contribution in [0.15, 0.2) is 12.2 Å². The fraction of sp³-hybridized carbons (Fsp3) is 0.625. The summed E-state index contributed by atoms with van der Waals surface area (Å²) in [7, 11) is 0. The molecule has 0 spiro atoms. The summed E-state index contributed by atoms with van der Waals surface area (Å²) >= 11 is 1.44. The van der Waals surface area contributed by atoms with Crippen LogP contribution in [0.3, 0.4) is 0 Å². The summed E-state index contributed by atoms with van der Waals surface area (Å²) in [4.78, 5) is 38.6. The Morgan fingerprint density at radius 3 is 2.35 bits per heavy atom. The lowest BCUT2D eigenvalue weighted by Crippen LogP contribution is -2.47. The zero-order valence-electron chi connectivity index (χ0n) is 18.4. The van der Waals surface area contributed by atoms with Crippen molar-refractivity contribution >= 4 is 34.1 Å². The Bertz CT molecular complexity index is 948. The van der Waals surface area contributed by atoms with Gasteiger partial charge in [-0.1, -0.05) is 39.3 Å². The molecule has 0 aliphatic heterocycles. The van der Waals surface area contributed by atoms with Gasteiger partial charge in [0.2, 0.25) is 5.91 Å². The molecule has 0 unspecified atom stereocenters. The zero-order valence-corrected chi connectivity index (χ0v) is 19.3. The highest BCUT2D eigenvalue weighted by molar-refractivity contribution is 7.17. The fourth-order valence-electron chi connectivity index (χ4n) is 5.77. The Labute approximate surface area is 187 Å². The van der Waals surface area contributed by atoms with Crippen LogP contribution >= 0.6 is 11.3 Å². The number of nitrogens with one attached hydrogen (secondary N) is 1. The number of aliphatic carboxylic acids is 1. The van der Waals surface area contributed by atoms with Crippen molar-refractivity contribution in [3.05, 3.63) is 28.2 Å². The summed E-state index contributed by atoms with van der Waals surface area (Å²) in [6, 6.07) is 0. The van der Waals surface area contributed by atoms with E-state index in [-0.39, 0.29) is 23.2 Å². The molecule has 31 heavy (non-hydrogen) atoms. The first-order chi connectivity index (χ1) is 14.6. The molecule has 168 valence electrons. The molecular weight excluding hydrogens is 412 g/mol. The number of nitrogens with two attached hydrogens (primary N) is 1. The summed E-state index contributed by atoms with van der Waals surface area (Å²) < 4.78 is 0. The van der Waals surface area contributed by atoms with E-state index in [1.807, 2.05) is 12.2 Å². The van der Waals surface area contributed by atoms with Gasteiger partial charge in [-0.3, -0.25) is 14.4 Å². The SMILES string of the molecule is CCC(C)(C)[C@H]1CCc2c(sc(NC(=O)[C@H]3[C@@H](C(=O)O)[C@H]4C=C[C@H]3CC4)c2C(N)=O)C1. The quantitative estimate of drug-likeness (QED) is 0.570. The average Bonchev–Trinajstić information content (AvgIpc) is 3.10. The van der Waals surface area contributed by atoms with Gasteiger partial charge in [-0.05, 0) is 60.8 Å². The number of allylic oxidation sites excluding steroid dienone is 2. The molecule has 0 aromatic carbocycles. The van der Waals surface area contributed by atoms with E-state index in [1.165, 1.54) is 11.3 Å². The van der Waals surface area contributed by atoms with Gasteiger partial charge in [0.25, 0.3) is 5.91 Å². The third-order valence-corrected chi connectivity index (χ3v) is 9.27. The molecule has 4 aliphatic rings. The average molecular weight is 445 g/mol. The first-order valence-corrected chi connectivity index (χ1v) is 12.1. The maximum absolute atomic E-state index is 13.3. The second kappa shape index (κ2) is 8.08. The summed E-state index contributed by atoms with van der Waals surface area (Å²) in [6.45, 7) is 6.77. The molecular formula is C24H32N2O4S. The van der Waals surface area contributed by atoms with Crippen molar-refractivity contribution < 1.29 is 19.5 Å². The number of carbonyl (C=O) groups is 3. The van der Waals surface area contributed by atoms with Gasteiger partial charge in [0, 0.05) is 4.88 Å². The van der Waals surface area contributed by atoms with Crippen LogP contribution in [-0.4, -0.2) is 22.9 Å². The Kier molecular flexibility index (Phi) is 5.75. The topological polar surface area (TPSA) is 109 Å². The van der Waals surface area contributed by atoms with E-state index in [0.29, 0.717) is 16.5 Å². The maximum atomic E-state index is 13.3. The molecule has 1 saturated carbocycles. The van der Waals surface area contributed by atoms with E-state index in [0.717, 1.165) is 49.0 Å². The van der Waals surface area contributed by atoms with E-state index >= 15 is 0 Å². The number of thiophene rings is 1. The number of carbonyl (C=O) groups excluding carboxylic acids is 2. The molecule has 1 aromatic rings. The van der Waals surface area contributed by atoms with Crippen LogP contribution in [0.1, 0.15) is 67.3 Å². The van der Waals surface area contributed by atoms with E-state index < -0.39 is 23.7 Å². The van der Waals surface area contributed by atoms with E-state index in [2.05, 4.69) is 26.1 Å². The molecule has 2 amide bonds. The van der Waals surface area contributed by atoms with Crippen LogP contribution < -0.4 is 11.1 Å². The Morgan fingerprint density at radius 2 is 1.81 bits per heavy atom. The lowest BCUT2D eigenvalue weighted by Gasteiger charge is -2.41. The van der Waals surface area contributed by atoms with E-state index in [9.17, 15) is 19.5 Å². The number of amides is 2. The Hall–Kier alpha value is -2.15. The smallest absolute Gasteiger partial charge is 0.307 e. The second-order valence-electron chi connectivity index (χ2n) is 10.0. The van der Waals surface area contributed by atoms with Gasteiger partial charge in [-0.15, -0.1) is 11.3 Å². The molecule has 0 radical (unpaired) electrons. The third-order valence-electron chi connectivity index (χ3n) is 8.10. The van der Waals surface area contributed by atoms with Gasteiger partial charge >= 0.3 is 5.97 Å². The molecule has 0 saturated heterocycles. The number of primary amides is 1. The lowest BCUT2D eigenvalue weighted by molar-refractivity contribution is -0.151. The van der Waals surface area contributed by atoms with Gasteiger partial charge in [0.05, 0.1) is 17.4 Å². The first kappa shape index (κ1) is 22.1. The number of hydrogen-bond acceptors (Lipinski definition) is 4.